The van der Waals surface area contributed by atoms with Crippen molar-refractivity contribution in [3.8, 4) is 0 Å². The van der Waals surface area contributed by atoms with Crippen LogP contribution in [0, 0.1) is 5.92 Å². The van der Waals surface area contributed by atoms with Gasteiger partial charge in [0, 0.05) is 19.7 Å². The molecule has 1 saturated heterocycles. The van der Waals surface area contributed by atoms with E-state index in [9.17, 15) is 8.42 Å². The van der Waals surface area contributed by atoms with Gasteiger partial charge in [-0.2, -0.15) is 0 Å². The Morgan fingerprint density at radius 2 is 2.42 bits per heavy atom. The molecule has 8 heteroatoms. The molecule has 2 heterocycles. The van der Waals surface area contributed by atoms with E-state index in [1.54, 1.807) is 0 Å². The van der Waals surface area contributed by atoms with Crippen molar-refractivity contribution < 1.29 is 13.2 Å². The maximum absolute atomic E-state index is 11.2. The first kappa shape index (κ1) is 14.7. The number of rotatable bonds is 5. The molecule has 2 N–H and O–H groups in total. The van der Waals surface area contributed by atoms with Gasteiger partial charge in [0.15, 0.2) is 9.34 Å². The standard InChI is InChI=1S/C11H19N3O3S2/c1-2-17-8-9-4-3-5-14(7-9)11-13-6-10(18-11)19(12,15)16/h6,9H,2-5,7-8H2,1H3,(H2,12,15,16). The first-order chi connectivity index (χ1) is 9.00. The lowest BCUT2D eigenvalue weighted by molar-refractivity contribution is 0.104. The monoisotopic (exact) mass is 305 g/mol. The van der Waals surface area contributed by atoms with Crippen LogP contribution in [0.25, 0.3) is 0 Å². The Bertz CT molecular complexity index is 515. The number of ether oxygens (including phenoxy) is 1. The lowest BCUT2D eigenvalue weighted by Gasteiger charge is -2.32. The Hall–Kier alpha value is -0.700. The third-order valence-electron chi connectivity index (χ3n) is 3.10. The summed E-state index contributed by atoms with van der Waals surface area (Å²) in [6.45, 7) is 5.22. The van der Waals surface area contributed by atoms with Crippen molar-refractivity contribution in [3.63, 3.8) is 0 Å². The topological polar surface area (TPSA) is 85.5 Å². The maximum atomic E-state index is 11.2. The average molecular weight is 305 g/mol. The Kier molecular flexibility index (Phi) is 4.77. The van der Waals surface area contributed by atoms with Crippen LogP contribution in [0.2, 0.25) is 0 Å². The fraction of sp³-hybridized carbons (Fsp3) is 0.727. The van der Waals surface area contributed by atoms with Gasteiger partial charge in [0.2, 0.25) is 10.0 Å². The second kappa shape index (κ2) is 6.17. The quantitative estimate of drug-likeness (QED) is 0.878. The van der Waals surface area contributed by atoms with E-state index < -0.39 is 10.0 Å². The molecule has 0 aromatic carbocycles. The molecule has 1 aliphatic heterocycles. The van der Waals surface area contributed by atoms with Crippen LogP contribution in [0.15, 0.2) is 10.4 Å². The van der Waals surface area contributed by atoms with Crippen molar-refractivity contribution in [1.82, 2.24) is 4.98 Å². The highest BCUT2D eigenvalue weighted by Gasteiger charge is 2.23. The molecule has 6 nitrogen and oxygen atoms in total. The van der Waals surface area contributed by atoms with Crippen LogP contribution in [-0.2, 0) is 14.8 Å². The van der Waals surface area contributed by atoms with Crippen molar-refractivity contribution in [2.24, 2.45) is 11.1 Å². The first-order valence-corrected chi connectivity index (χ1v) is 8.68. The van der Waals surface area contributed by atoms with Gasteiger partial charge < -0.3 is 9.64 Å². The number of nitrogens with two attached hydrogens (primary N) is 1. The largest absolute Gasteiger partial charge is 0.381 e. The smallest absolute Gasteiger partial charge is 0.249 e. The van der Waals surface area contributed by atoms with E-state index in [0.717, 1.165) is 55.6 Å². The van der Waals surface area contributed by atoms with E-state index in [1.807, 2.05) is 6.92 Å². The van der Waals surface area contributed by atoms with Gasteiger partial charge in [-0.1, -0.05) is 11.3 Å². The molecule has 1 aromatic rings. The average Bonchev–Trinajstić information content (AvgIpc) is 2.86. The molecular formula is C11H19N3O3S2. The van der Waals surface area contributed by atoms with Crippen LogP contribution in [0.4, 0.5) is 5.13 Å². The number of nitrogens with zero attached hydrogens (tertiary/aromatic N) is 2. The molecule has 0 saturated carbocycles. The fourth-order valence-corrected chi connectivity index (χ4v) is 3.76. The van der Waals surface area contributed by atoms with E-state index >= 15 is 0 Å². The summed E-state index contributed by atoms with van der Waals surface area (Å²) >= 11 is 1.13. The minimum atomic E-state index is -3.64. The van der Waals surface area contributed by atoms with E-state index in [0.29, 0.717) is 5.92 Å². The summed E-state index contributed by atoms with van der Waals surface area (Å²) < 4.78 is 28.1. The van der Waals surface area contributed by atoms with Crippen molar-refractivity contribution in [3.05, 3.63) is 6.20 Å². The number of piperidine rings is 1. The van der Waals surface area contributed by atoms with Crippen LogP contribution in [0.1, 0.15) is 19.8 Å². The highest BCUT2D eigenvalue weighted by Crippen LogP contribution is 2.29. The molecular weight excluding hydrogens is 286 g/mol. The molecule has 1 fully saturated rings. The molecule has 108 valence electrons. The first-order valence-electron chi connectivity index (χ1n) is 6.32. The lowest BCUT2D eigenvalue weighted by Crippen LogP contribution is -2.37. The molecule has 0 bridgehead atoms. The van der Waals surface area contributed by atoms with Crippen molar-refractivity contribution >= 4 is 26.5 Å². The van der Waals surface area contributed by atoms with Gasteiger partial charge in [-0.15, -0.1) is 0 Å². The van der Waals surface area contributed by atoms with Gasteiger partial charge in [-0.25, -0.2) is 18.5 Å². The minimum Gasteiger partial charge on any atom is -0.381 e. The second-order valence-electron chi connectivity index (χ2n) is 4.62. The summed E-state index contributed by atoms with van der Waals surface area (Å²) in [5.41, 5.74) is 0. The Morgan fingerprint density at radius 1 is 1.63 bits per heavy atom. The van der Waals surface area contributed by atoms with Gasteiger partial charge in [-0.3, -0.25) is 0 Å². The number of sulfonamides is 1. The minimum absolute atomic E-state index is 0.120. The van der Waals surface area contributed by atoms with Gasteiger partial charge in [0.05, 0.1) is 12.8 Å². The second-order valence-corrected chi connectivity index (χ2v) is 7.42. The summed E-state index contributed by atoms with van der Waals surface area (Å²) in [5.74, 6) is 0.482. The number of hydrogen-bond donors (Lipinski definition) is 1. The van der Waals surface area contributed by atoms with E-state index in [2.05, 4.69) is 9.88 Å². The predicted molar refractivity (Wildman–Crippen MR) is 74.9 cm³/mol. The number of aromatic nitrogens is 1. The van der Waals surface area contributed by atoms with Crippen LogP contribution in [0.3, 0.4) is 0 Å². The van der Waals surface area contributed by atoms with E-state index in [1.165, 1.54) is 6.20 Å². The Labute approximate surface area is 117 Å². The zero-order valence-electron chi connectivity index (χ0n) is 10.9. The van der Waals surface area contributed by atoms with Gasteiger partial charge in [0.1, 0.15) is 0 Å². The SMILES string of the molecule is CCOCC1CCCN(c2ncc(S(N)(=O)=O)s2)C1. The highest BCUT2D eigenvalue weighted by atomic mass is 32.2. The molecule has 1 unspecified atom stereocenters. The summed E-state index contributed by atoms with van der Waals surface area (Å²) in [6, 6.07) is 0. The molecule has 1 aliphatic rings. The molecule has 2 rings (SSSR count). The molecule has 19 heavy (non-hydrogen) atoms. The predicted octanol–water partition coefficient (Wildman–Crippen LogP) is 1.04. The van der Waals surface area contributed by atoms with E-state index in [4.69, 9.17) is 9.88 Å². The maximum Gasteiger partial charge on any atom is 0.249 e. The molecule has 1 atom stereocenters. The van der Waals surface area contributed by atoms with Gasteiger partial charge in [-0.05, 0) is 25.7 Å². The van der Waals surface area contributed by atoms with Crippen LogP contribution in [-0.4, -0.2) is 39.7 Å². The Balaban J connectivity index is 2.03. The number of primary sulfonamides is 1. The molecule has 0 aliphatic carbocycles. The third-order valence-corrected chi connectivity index (χ3v) is 5.57. The van der Waals surface area contributed by atoms with E-state index in [-0.39, 0.29) is 4.21 Å². The van der Waals surface area contributed by atoms with Crippen LogP contribution < -0.4 is 10.0 Å². The van der Waals surface area contributed by atoms with Gasteiger partial charge in [0.25, 0.3) is 0 Å². The van der Waals surface area contributed by atoms with Crippen molar-refractivity contribution in [2.45, 2.75) is 24.0 Å². The normalized spacial score (nSPS) is 20.7. The van der Waals surface area contributed by atoms with Crippen LogP contribution >= 0.6 is 11.3 Å². The van der Waals surface area contributed by atoms with Crippen molar-refractivity contribution in [2.75, 3.05) is 31.2 Å². The summed E-state index contributed by atoms with van der Waals surface area (Å²) in [5, 5.41) is 5.82. The molecule has 0 amide bonds. The number of thiazole rings is 1. The molecule has 0 spiro atoms. The molecule has 0 radical (unpaired) electrons. The summed E-state index contributed by atoms with van der Waals surface area (Å²) in [4.78, 5) is 6.28. The molecule has 1 aromatic heterocycles. The zero-order chi connectivity index (χ0) is 13.9. The summed E-state index contributed by atoms with van der Waals surface area (Å²) in [6.07, 6.45) is 3.55. The number of hydrogen-bond acceptors (Lipinski definition) is 6. The zero-order valence-corrected chi connectivity index (χ0v) is 12.5. The fourth-order valence-electron chi connectivity index (χ4n) is 2.19. The highest BCUT2D eigenvalue weighted by molar-refractivity contribution is 7.91. The van der Waals surface area contributed by atoms with Gasteiger partial charge >= 0.3 is 0 Å². The lowest BCUT2D eigenvalue weighted by atomic mass is 9.99. The Morgan fingerprint density at radius 3 is 3.05 bits per heavy atom. The number of anilines is 1. The summed E-state index contributed by atoms with van der Waals surface area (Å²) in [7, 11) is -3.64. The van der Waals surface area contributed by atoms with Crippen molar-refractivity contribution in [1.29, 1.82) is 0 Å². The van der Waals surface area contributed by atoms with Crippen LogP contribution in [0.5, 0.6) is 0 Å². The third kappa shape index (κ3) is 3.88.